The molecule has 0 aliphatic rings. The number of rotatable bonds is 7. The molecule has 1 aromatic carbocycles. The first-order valence-electron chi connectivity index (χ1n) is 8.13. The molecule has 0 fully saturated rings. The predicted molar refractivity (Wildman–Crippen MR) is 94.8 cm³/mol. The van der Waals surface area contributed by atoms with E-state index < -0.39 is 28.1 Å². The number of ether oxygens (including phenoxy) is 1. The summed E-state index contributed by atoms with van der Waals surface area (Å²) < 4.78 is 66.8. The number of aliphatic hydroxyl groups is 1. The molecule has 0 radical (unpaired) electrons. The van der Waals surface area contributed by atoms with Crippen molar-refractivity contribution in [3.8, 4) is 16.9 Å². The molecule has 28 heavy (non-hydrogen) atoms. The van der Waals surface area contributed by atoms with Gasteiger partial charge in [0.2, 0.25) is 0 Å². The fourth-order valence-electron chi connectivity index (χ4n) is 2.26. The minimum Gasteiger partial charge on any atom is -0.487 e. The maximum atomic E-state index is 12.7. The van der Waals surface area contributed by atoms with Crippen molar-refractivity contribution in [3.05, 3.63) is 40.8 Å². The number of sulfone groups is 1. The summed E-state index contributed by atoms with van der Waals surface area (Å²) in [6.07, 6.45) is -2.56. The summed E-state index contributed by atoms with van der Waals surface area (Å²) in [7, 11) is -3.44. The van der Waals surface area contributed by atoms with Gasteiger partial charge < -0.3 is 9.84 Å². The average Bonchev–Trinajstić information content (AvgIpc) is 2.60. The van der Waals surface area contributed by atoms with Gasteiger partial charge in [0.1, 0.15) is 6.54 Å². The Hall–Kier alpha value is -2.40. The van der Waals surface area contributed by atoms with Crippen LogP contribution < -0.4 is 10.3 Å². The Kier molecular flexibility index (Phi) is 6.50. The van der Waals surface area contributed by atoms with E-state index in [0.29, 0.717) is 5.56 Å². The fraction of sp³-hybridized carbons (Fsp3) is 0.412. The van der Waals surface area contributed by atoms with Gasteiger partial charge in [-0.15, -0.1) is 0 Å². The molecule has 2 rings (SSSR count). The molecular formula is C17H19F3N2O5S. The molecule has 154 valence electrons. The molecule has 0 spiro atoms. The van der Waals surface area contributed by atoms with Gasteiger partial charge in [-0.25, -0.2) is 13.1 Å². The first kappa shape index (κ1) is 21.9. The second kappa shape index (κ2) is 8.31. The Morgan fingerprint density at radius 2 is 1.86 bits per heavy atom. The van der Waals surface area contributed by atoms with Crippen LogP contribution in [0.2, 0.25) is 0 Å². The lowest BCUT2D eigenvalue weighted by molar-refractivity contribution is -0.143. The van der Waals surface area contributed by atoms with E-state index in [1.54, 1.807) is 6.92 Å². The molecule has 0 amide bonds. The Morgan fingerprint density at radius 3 is 2.36 bits per heavy atom. The Balaban J connectivity index is 2.53. The number of nitrogens with zero attached hydrogens (tertiary/aromatic N) is 2. The number of alkyl halides is 3. The quantitative estimate of drug-likeness (QED) is 0.735. The van der Waals surface area contributed by atoms with Gasteiger partial charge in [-0.2, -0.15) is 18.3 Å². The third-order valence-electron chi connectivity index (χ3n) is 3.75. The number of hydrogen-bond acceptors (Lipinski definition) is 6. The highest BCUT2D eigenvalue weighted by Crippen LogP contribution is 2.28. The summed E-state index contributed by atoms with van der Waals surface area (Å²) in [6, 6.07) is 5.44. The topological polar surface area (TPSA) is 98.5 Å². The molecule has 0 aliphatic heterocycles. The van der Waals surface area contributed by atoms with Crippen molar-refractivity contribution < 1.29 is 31.4 Å². The zero-order valence-electron chi connectivity index (χ0n) is 15.1. The van der Waals surface area contributed by atoms with Gasteiger partial charge in [0, 0.05) is 24.3 Å². The summed E-state index contributed by atoms with van der Waals surface area (Å²) in [5, 5.41) is 12.7. The van der Waals surface area contributed by atoms with Crippen molar-refractivity contribution in [2.75, 3.05) is 19.5 Å². The Bertz CT molecular complexity index is 985. The zero-order chi connectivity index (χ0) is 21.1. The van der Waals surface area contributed by atoms with Crippen molar-refractivity contribution >= 4 is 9.84 Å². The fourth-order valence-corrected chi connectivity index (χ4v) is 2.89. The van der Waals surface area contributed by atoms with Crippen molar-refractivity contribution in [1.29, 1.82) is 0 Å². The number of aromatic nitrogens is 2. The van der Waals surface area contributed by atoms with E-state index in [2.05, 4.69) is 5.10 Å². The SMILES string of the molecule is C[C@H](CO)COc1c(-c2ccc(S(C)(=O)=O)cc2)cnn(CC(F)(F)F)c1=O. The van der Waals surface area contributed by atoms with Crippen LogP contribution in [0.1, 0.15) is 6.92 Å². The summed E-state index contributed by atoms with van der Waals surface area (Å²) >= 11 is 0. The van der Waals surface area contributed by atoms with Crippen LogP contribution in [0.4, 0.5) is 13.2 Å². The molecule has 0 saturated heterocycles. The highest BCUT2D eigenvalue weighted by molar-refractivity contribution is 7.90. The van der Waals surface area contributed by atoms with Gasteiger partial charge in [0.15, 0.2) is 15.6 Å². The van der Waals surface area contributed by atoms with Gasteiger partial charge >= 0.3 is 11.7 Å². The van der Waals surface area contributed by atoms with Crippen LogP contribution >= 0.6 is 0 Å². The lowest BCUT2D eigenvalue weighted by Gasteiger charge is -2.16. The normalized spacial score (nSPS) is 13.4. The second-order valence-electron chi connectivity index (χ2n) is 6.36. The summed E-state index contributed by atoms with van der Waals surface area (Å²) in [6.45, 7) is -0.280. The van der Waals surface area contributed by atoms with Crippen LogP contribution in [0.3, 0.4) is 0 Å². The smallest absolute Gasteiger partial charge is 0.408 e. The zero-order valence-corrected chi connectivity index (χ0v) is 15.9. The van der Waals surface area contributed by atoms with Crippen molar-refractivity contribution in [3.63, 3.8) is 0 Å². The first-order valence-corrected chi connectivity index (χ1v) is 10.0. The van der Waals surface area contributed by atoms with E-state index in [-0.39, 0.29) is 40.0 Å². The Morgan fingerprint density at radius 1 is 1.25 bits per heavy atom. The van der Waals surface area contributed by atoms with Crippen molar-refractivity contribution in [2.24, 2.45) is 5.92 Å². The largest absolute Gasteiger partial charge is 0.487 e. The highest BCUT2D eigenvalue weighted by atomic mass is 32.2. The lowest BCUT2D eigenvalue weighted by Crippen LogP contribution is -2.31. The standard InChI is InChI=1S/C17H19F3N2O5S/c1-11(8-23)9-27-15-14(7-21-22(16(15)24)10-17(18,19)20)12-3-5-13(6-4-12)28(2,25)26/h3-7,11,23H,8-10H2,1-2H3/t11-/m1/s1. The molecule has 0 unspecified atom stereocenters. The van der Waals surface area contributed by atoms with E-state index in [1.807, 2.05) is 0 Å². The van der Waals surface area contributed by atoms with Crippen LogP contribution in [0.25, 0.3) is 11.1 Å². The lowest BCUT2D eigenvalue weighted by atomic mass is 10.1. The molecule has 1 N–H and O–H groups in total. The Labute approximate surface area is 159 Å². The van der Waals surface area contributed by atoms with E-state index in [4.69, 9.17) is 9.84 Å². The first-order chi connectivity index (χ1) is 12.9. The van der Waals surface area contributed by atoms with E-state index >= 15 is 0 Å². The van der Waals surface area contributed by atoms with Crippen molar-refractivity contribution in [1.82, 2.24) is 9.78 Å². The van der Waals surface area contributed by atoms with Gasteiger partial charge in [0.05, 0.1) is 17.7 Å². The van der Waals surface area contributed by atoms with Gasteiger partial charge in [-0.3, -0.25) is 4.79 Å². The average molecular weight is 420 g/mol. The van der Waals surface area contributed by atoms with Crippen LogP contribution in [0, 0.1) is 5.92 Å². The summed E-state index contributed by atoms with van der Waals surface area (Å²) in [4.78, 5) is 12.5. The third-order valence-corrected chi connectivity index (χ3v) is 4.87. The van der Waals surface area contributed by atoms with Gasteiger partial charge in [-0.05, 0) is 17.7 Å². The molecule has 0 aliphatic carbocycles. The molecule has 1 heterocycles. The molecule has 2 aromatic rings. The molecule has 11 heteroatoms. The maximum absolute atomic E-state index is 12.7. The van der Waals surface area contributed by atoms with Crippen LogP contribution in [-0.4, -0.2) is 49.0 Å². The molecule has 1 atom stereocenters. The monoisotopic (exact) mass is 420 g/mol. The molecule has 1 aromatic heterocycles. The highest BCUT2D eigenvalue weighted by Gasteiger charge is 2.30. The minimum atomic E-state index is -4.65. The number of benzene rings is 1. The number of aliphatic hydroxyl groups excluding tert-OH is 1. The second-order valence-corrected chi connectivity index (χ2v) is 8.38. The van der Waals surface area contributed by atoms with Gasteiger partial charge in [0.25, 0.3) is 0 Å². The van der Waals surface area contributed by atoms with Crippen LogP contribution in [0.5, 0.6) is 5.75 Å². The summed E-state index contributed by atoms with van der Waals surface area (Å²) in [5.41, 5.74) is -0.608. The number of halogens is 3. The maximum Gasteiger partial charge on any atom is 0.408 e. The minimum absolute atomic E-state index is 0.0472. The van der Waals surface area contributed by atoms with E-state index in [1.165, 1.54) is 24.3 Å². The summed E-state index contributed by atoms with van der Waals surface area (Å²) in [5.74, 6) is -0.712. The van der Waals surface area contributed by atoms with E-state index in [9.17, 15) is 26.4 Å². The molecule has 0 bridgehead atoms. The molecule has 0 saturated carbocycles. The van der Waals surface area contributed by atoms with E-state index in [0.717, 1.165) is 12.5 Å². The number of hydrogen-bond donors (Lipinski definition) is 1. The van der Waals surface area contributed by atoms with Crippen LogP contribution in [0.15, 0.2) is 40.2 Å². The third kappa shape index (κ3) is 5.55. The van der Waals surface area contributed by atoms with Crippen LogP contribution in [-0.2, 0) is 16.4 Å². The molecular weight excluding hydrogens is 401 g/mol. The molecule has 7 nitrogen and oxygen atoms in total. The van der Waals surface area contributed by atoms with Gasteiger partial charge in [-0.1, -0.05) is 19.1 Å². The predicted octanol–water partition coefficient (Wildman–Crippen LogP) is 1.88. The van der Waals surface area contributed by atoms with Crippen molar-refractivity contribution in [2.45, 2.75) is 24.5 Å².